The van der Waals surface area contributed by atoms with Gasteiger partial charge >= 0.3 is 0 Å². The summed E-state index contributed by atoms with van der Waals surface area (Å²) < 4.78 is 34.4. The smallest absolute Gasteiger partial charge is 0.249 e. The number of hydrogen-bond acceptors (Lipinski definition) is 5. The van der Waals surface area contributed by atoms with E-state index in [0.29, 0.717) is 35.9 Å². The van der Waals surface area contributed by atoms with Crippen LogP contribution in [-0.2, 0) is 30.8 Å². The van der Waals surface area contributed by atoms with Crippen molar-refractivity contribution in [1.29, 1.82) is 0 Å². The number of nitrogens with one attached hydrogen (secondary N) is 3. The number of anilines is 1. The van der Waals surface area contributed by atoms with Gasteiger partial charge in [-0.3, -0.25) is 9.59 Å². The average Bonchev–Trinajstić information content (AvgIpc) is 3.38. The Bertz CT molecular complexity index is 1380. The van der Waals surface area contributed by atoms with Crippen LogP contribution in [-0.4, -0.2) is 44.5 Å². The zero-order valence-electron chi connectivity index (χ0n) is 21.3. The Labute approximate surface area is 217 Å². The lowest BCUT2D eigenvalue weighted by Crippen LogP contribution is -2.48. The fraction of sp³-hybridized carbons (Fsp3) is 0.357. The second-order valence-corrected chi connectivity index (χ2v) is 11.9. The molecule has 0 bridgehead atoms. The van der Waals surface area contributed by atoms with Gasteiger partial charge in [0.1, 0.15) is 12.1 Å². The molecule has 1 unspecified atom stereocenters. The number of carbonyl (C=O) groups is 2. The minimum atomic E-state index is -3.81. The molecular formula is C28H33N3O5S. The summed E-state index contributed by atoms with van der Waals surface area (Å²) in [5.74, 6) is -0.711. The van der Waals surface area contributed by atoms with Crippen molar-refractivity contribution in [2.75, 3.05) is 11.9 Å². The van der Waals surface area contributed by atoms with E-state index in [0.717, 1.165) is 12.0 Å². The van der Waals surface area contributed by atoms with Gasteiger partial charge in [-0.25, -0.2) is 13.1 Å². The molecule has 1 saturated heterocycles. The summed E-state index contributed by atoms with van der Waals surface area (Å²) in [4.78, 5) is 26.4. The summed E-state index contributed by atoms with van der Waals surface area (Å²) in [5.41, 5.74) is 0.702. The fourth-order valence-electron chi connectivity index (χ4n) is 4.41. The van der Waals surface area contributed by atoms with Gasteiger partial charge in [0, 0.05) is 35.0 Å². The third-order valence-corrected chi connectivity index (χ3v) is 7.82. The molecule has 3 aromatic carbocycles. The summed E-state index contributed by atoms with van der Waals surface area (Å²) in [6, 6.07) is 18.7. The van der Waals surface area contributed by atoms with E-state index in [4.69, 9.17) is 4.74 Å². The Balaban J connectivity index is 1.63. The number of fused-ring (bicyclic) bond motifs is 1. The Kier molecular flexibility index (Phi) is 7.96. The van der Waals surface area contributed by atoms with Crippen molar-refractivity contribution in [1.82, 2.24) is 10.0 Å². The van der Waals surface area contributed by atoms with Crippen molar-refractivity contribution in [2.24, 2.45) is 0 Å². The van der Waals surface area contributed by atoms with Gasteiger partial charge in [0.05, 0.1) is 4.90 Å². The zero-order valence-corrected chi connectivity index (χ0v) is 22.1. The molecule has 1 aliphatic rings. The van der Waals surface area contributed by atoms with Crippen molar-refractivity contribution in [3.05, 3.63) is 72.3 Å². The standard InChI is InChI=1S/C28H33N3O5S/c1-28(2,3)31-37(34,35)25-16-8-12-20-21(25)13-7-14-22(20)29-26(32)23(18-19-10-5-4-6-11-19)30-27(33)24-15-9-17-36-24/h4-8,10-14,16,23-24,31H,9,15,17-18H2,1-3H3,(H,29,32)(H,30,33)/t23-,24?/m0/s1. The van der Waals surface area contributed by atoms with Crippen LogP contribution in [0.4, 0.5) is 5.69 Å². The predicted molar refractivity (Wildman–Crippen MR) is 144 cm³/mol. The van der Waals surface area contributed by atoms with Crippen LogP contribution in [0.5, 0.6) is 0 Å². The maximum atomic E-state index is 13.5. The molecule has 3 aromatic rings. The molecule has 8 nitrogen and oxygen atoms in total. The van der Waals surface area contributed by atoms with E-state index in [1.165, 1.54) is 0 Å². The number of sulfonamides is 1. The molecule has 1 fully saturated rings. The van der Waals surface area contributed by atoms with Gasteiger partial charge in [-0.15, -0.1) is 0 Å². The van der Waals surface area contributed by atoms with Crippen LogP contribution in [0, 0.1) is 0 Å². The number of carbonyl (C=O) groups excluding carboxylic acids is 2. The number of ether oxygens (including phenoxy) is 1. The van der Waals surface area contributed by atoms with Crippen molar-refractivity contribution in [3.63, 3.8) is 0 Å². The van der Waals surface area contributed by atoms with Crippen molar-refractivity contribution < 1.29 is 22.7 Å². The highest BCUT2D eigenvalue weighted by Crippen LogP contribution is 2.29. The molecule has 1 heterocycles. The van der Waals surface area contributed by atoms with E-state index in [1.54, 1.807) is 57.2 Å². The first-order chi connectivity index (χ1) is 17.5. The van der Waals surface area contributed by atoms with Crippen LogP contribution in [0.2, 0.25) is 0 Å². The van der Waals surface area contributed by atoms with E-state index < -0.39 is 33.6 Å². The van der Waals surface area contributed by atoms with Crippen LogP contribution >= 0.6 is 0 Å². The quantitative estimate of drug-likeness (QED) is 0.416. The van der Waals surface area contributed by atoms with Crippen LogP contribution in [0.25, 0.3) is 10.8 Å². The highest BCUT2D eigenvalue weighted by molar-refractivity contribution is 7.89. The Hall–Kier alpha value is -3.27. The number of benzene rings is 3. The summed E-state index contributed by atoms with van der Waals surface area (Å²) in [5, 5.41) is 6.84. The summed E-state index contributed by atoms with van der Waals surface area (Å²) in [6.45, 7) is 5.86. The second-order valence-electron chi connectivity index (χ2n) is 10.3. The predicted octanol–water partition coefficient (Wildman–Crippen LogP) is 3.76. The van der Waals surface area contributed by atoms with E-state index in [9.17, 15) is 18.0 Å². The second kappa shape index (κ2) is 11.0. The molecule has 196 valence electrons. The van der Waals surface area contributed by atoms with E-state index in [-0.39, 0.29) is 10.8 Å². The number of rotatable bonds is 8. The minimum absolute atomic E-state index is 0.128. The van der Waals surface area contributed by atoms with E-state index in [1.807, 2.05) is 30.3 Å². The van der Waals surface area contributed by atoms with Crippen molar-refractivity contribution >= 4 is 38.3 Å². The van der Waals surface area contributed by atoms with E-state index >= 15 is 0 Å². The fourth-order valence-corrected chi connectivity index (χ4v) is 6.05. The number of amides is 2. The minimum Gasteiger partial charge on any atom is -0.368 e. The van der Waals surface area contributed by atoms with Gasteiger partial charge in [0.25, 0.3) is 0 Å². The molecule has 9 heteroatoms. The summed E-state index contributed by atoms with van der Waals surface area (Å²) >= 11 is 0. The largest absolute Gasteiger partial charge is 0.368 e. The molecule has 37 heavy (non-hydrogen) atoms. The van der Waals surface area contributed by atoms with Crippen LogP contribution in [0.3, 0.4) is 0 Å². The molecule has 2 atom stereocenters. The molecule has 3 N–H and O–H groups in total. The summed E-state index contributed by atoms with van der Waals surface area (Å²) in [7, 11) is -3.81. The highest BCUT2D eigenvalue weighted by atomic mass is 32.2. The molecule has 0 spiro atoms. The Morgan fingerprint density at radius 3 is 2.35 bits per heavy atom. The molecule has 0 radical (unpaired) electrons. The van der Waals surface area contributed by atoms with Gasteiger partial charge in [-0.2, -0.15) is 0 Å². The SMILES string of the molecule is CC(C)(C)NS(=O)(=O)c1cccc2c(NC(=O)[C@H](Cc3ccccc3)NC(=O)C3CCCO3)cccc12. The Morgan fingerprint density at radius 2 is 1.68 bits per heavy atom. The first kappa shape index (κ1) is 26.8. The van der Waals surface area contributed by atoms with Crippen LogP contribution in [0.1, 0.15) is 39.2 Å². The molecular weight excluding hydrogens is 490 g/mol. The first-order valence-electron chi connectivity index (χ1n) is 12.4. The third-order valence-electron chi connectivity index (χ3n) is 6.01. The van der Waals surface area contributed by atoms with Crippen molar-refractivity contribution in [2.45, 2.75) is 62.6 Å². The van der Waals surface area contributed by atoms with Gasteiger partial charge in [-0.1, -0.05) is 54.6 Å². The molecule has 0 saturated carbocycles. The lowest BCUT2D eigenvalue weighted by atomic mass is 10.0. The first-order valence-corrected chi connectivity index (χ1v) is 13.8. The average molecular weight is 524 g/mol. The maximum absolute atomic E-state index is 13.5. The summed E-state index contributed by atoms with van der Waals surface area (Å²) in [6.07, 6.45) is 1.16. The van der Waals surface area contributed by atoms with Crippen LogP contribution in [0.15, 0.2) is 71.6 Å². The molecule has 1 aliphatic heterocycles. The molecule has 2 amide bonds. The highest BCUT2D eigenvalue weighted by Gasteiger charge is 2.29. The molecule has 4 rings (SSSR count). The molecule has 0 aliphatic carbocycles. The van der Waals surface area contributed by atoms with Gasteiger partial charge in [0.2, 0.25) is 21.8 Å². The topological polar surface area (TPSA) is 114 Å². The zero-order chi connectivity index (χ0) is 26.6. The van der Waals surface area contributed by atoms with Crippen molar-refractivity contribution in [3.8, 4) is 0 Å². The van der Waals surface area contributed by atoms with Gasteiger partial charge < -0.3 is 15.4 Å². The lowest BCUT2D eigenvalue weighted by Gasteiger charge is -2.22. The maximum Gasteiger partial charge on any atom is 0.249 e. The normalized spacial score (nSPS) is 16.9. The third kappa shape index (κ3) is 6.74. The Morgan fingerprint density at radius 1 is 0.973 bits per heavy atom. The van der Waals surface area contributed by atoms with Crippen LogP contribution < -0.4 is 15.4 Å². The van der Waals surface area contributed by atoms with Gasteiger partial charge in [-0.05, 0) is 51.3 Å². The monoisotopic (exact) mass is 523 g/mol. The molecule has 0 aromatic heterocycles. The van der Waals surface area contributed by atoms with Gasteiger partial charge in [0.15, 0.2) is 0 Å². The number of hydrogen-bond donors (Lipinski definition) is 3. The van der Waals surface area contributed by atoms with E-state index in [2.05, 4.69) is 15.4 Å². The lowest BCUT2D eigenvalue weighted by molar-refractivity contribution is -0.133.